The smallest absolute Gasteiger partial charge is 0.0321 e. The topological polar surface area (TPSA) is 0 Å². The second kappa shape index (κ2) is 10.7. The Labute approximate surface area is 76.4 Å². The van der Waals surface area contributed by atoms with Crippen LogP contribution in [0.5, 0.6) is 0 Å². The molecule has 0 aromatic rings. The first-order valence-corrected chi connectivity index (χ1v) is 4.99. The second-order valence-electron chi connectivity index (χ2n) is 3.11. The minimum Gasteiger partial charge on any atom is -0.269 e. The van der Waals surface area contributed by atoms with Gasteiger partial charge in [-0.25, -0.2) is 0 Å². The fraction of sp³-hybridized carbons (Fsp3) is 0.818. The summed E-state index contributed by atoms with van der Waals surface area (Å²) in [4.78, 5) is 0. The molecule has 0 aliphatic heterocycles. The van der Waals surface area contributed by atoms with Crippen LogP contribution in [0.15, 0.2) is 11.6 Å². The summed E-state index contributed by atoms with van der Waals surface area (Å²) in [5.41, 5.74) is 1.63. The summed E-state index contributed by atoms with van der Waals surface area (Å²) in [6.45, 7) is 6.66. The van der Waals surface area contributed by atoms with Gasteiger partial charge in [-0.05, 0) is 26.2 Å². The minimum absolute atomic E-state index is 0. The van der Waals surface area contributed by atoms with Gasteiger partial charge in [-0.15, -0.1) is 0 Å². The maximum atomic E-state index is 2.27. The van der Waals surface area contributed by atoms with E-state index in [0.717, 1.165) is 0 Å². The summed E-state index contributed by atoms with van der Waals surface area (Å²) in [6.07, 6.45) is 10.4. The molecular formula is C11H23F. The molecule has 0 saturated carbocycles. The van der Waals surface area contributed by atoms with Gasteiger partial charge < -0.3 is 0 Å². The number of hydrogen-bond donors (Lipinski definition) is 0. The minimum atomic E-state index is 0. The summed E-state index contributed by atoms with van der Waals surface area (Å²) >= 11 is 0. The average Bonchev–Trinajstić information content (AvgIpc) is 2.05. The molecule has 0 aliphatic carbocycles. The standard InChI is InChI=1S/C11H22.FH/c1-4-7-8-9-10-11(5-2)6-3;/h5H,4,6-10H2,1-3H3;1H. The van der Waals surface area contributed by atoms with Gasteiger partial charge in [-0.3, -0.25) is 4.70 Å². The van der Waals surface area contributed by atoms with Gasteiger partial charge in [0, 0.05) is 0 Å². The lowest BCUT2D eigenvalue weighted by Gasteiger charge is -2.02. The van der Waals surface area contributed by atoms with Gasteiger partial charge in [0.15, 0.2) is 0 Å². The van der Waals surface area contributed by atoms with Crippen LogP contribution in [-0.4, -0.2) is 0 Å². The van der Waals surface area contributed by atoms with Crippen LogP contribution in [0, 0.1) is 0 Å². The Bertz CT molecular complexity index is 106. The number of hydrogen-bond acceptors (Lipinski definition) is 0. The largest absolute Gasteiger partial charge is 0.269 e. The molecule has 0 aliphatic rings. The Balaban J connectivity index is 0. The van der Waals surface area contributed by atoms with E-state index >= 15 is 0 Å². The number of allylic oxidation sites excluding steroid dienone is 2. The van der Waals surface area contributed by atoms with E-state index in [1.54, 1.807) is 5.57 Å². The van der Waals surface area contributed by atoms with E-state index < -0.39 is 0 Å². The van der Waals surface area contributed by atoms with E-state index in [2.05, 4.69) is 26.8 Å². The first-order valence-electron chi connectivity index (χ1n) is 4.99. The maximum Gasteiger partial charge on any atom is -0.0321 e. The lowest BCUT2D eigenvalue weighted by Crippen LogP contribution is -1.82. The number of unbranched alkanes of at least 4 members (excludes halogenated alkanes) is 3. The van der Waals surface area contributed by atoms with Crippen molar-refractivity contribution in [2.75, 3.05) is 0 Å². The predicted molar refractivity (Wildman–Crippen MR) is 55.3 cm³/mol. The van der Waals surface area contributed by atoms with Gasteiger partial charge in [-0.2, -0.15) is 0 Å². The molecule has 0 bridgehead atoms. The van der Waals surface area contributed by atoms with Gasteiger partial charge in [0.1, 0.15) is 0 Å². The van der Waals surface area contributed by atoms with Crippen molar-refractivity contribution in [1.29, 1.82) is 0 Å². The molecule has 0 fully saturated rings. The van der Waals surface area contributed by atoms with Crippen molar-refractivity contribution in [2.45, 2.75) is 59.3 Å². The lowest BCUT2D eigenvalue weighted by atomic mass is 10.0. The highest BCUT2D eigenvalue weighted by Crippen LogP contribution is 2.12. The highest BCUT2D eigenvalue weighted by molar-refractivity contribution is 4.98. The van der Waals surface area contributed by atoms with E-state index in [9.17, 15) is 0 Å². The average molecular weight is 174 g/mol. The molecule has 0 aromatic heterocycles. The van der Waals surface area contributed by atoms with Crippen LogP contribution >= 0.6 is 0 Å². The third kappa shape index (κ3) is 7.77. The second-order valence-corrected chi connectivity index (χ2v) is 3.11. The summed E-state index contributed by atoms with van der Waals surface area (Å²) in [6, 6.07) is 0. The fourth-order valence-electron chi connectivity index (χ4n) is 1.30. The normalized spacial score (nSPS) is 11.1. The van der Waals surface area contributed by atoms with Crippen LogP contribution in [-0.2, 0) is 0 Å². The highest BCUT2D eigenvalue weighted by atomic mass is 19.0. The van der Waals surface area contributed by atoms with Gasteiger partial charge in [0.25, 0.3) is 0 Å². The van der Waals surface area contributed by atoms with Gasteiger partial charge >= 0.3 is 0 Å². The third-order valence-corrected chi connectivity index (χ3v) is 2.21. The molecule has 0 unspecified atom stereocenters. The van der Waals surface area contributed by atoms with Crippen molar-refractivity contribution in [3.05, 3.63) is 11.6 Å². The Morgan fingerprint density at radius 1 is 1.08 bits per heavy atom. The number of rotatable bonds is 6. The molecule has 0 nitrogen and oxygen atoms in total. The van der Waals surface area contributed by atoms with Crippen LogP contribution in [0.1, 0.15) is 59.3 Å². The van der Waals surface area contributed by atoms with E-state index in [-0.39, 0.29) is 4.70 Å². The molecular weight excluding hydrogens is 151 g/mol. The van der Waals surface area contributed by atoms with Crippen molar-refractivity contribution in [1.82, 2.24) is 0 Å². The molecule has 0 atom stereocenters. The Kier molecular flexibility index (Phi) is 12.6. The van der Waals surface area contributed by atoms with Gasteiger partial charge in [-0.1, -0.05) is 44.8 Å². The molecule has 12 heavy (non-hydrogen) atoms. The SMILES string of the molecule is CC=C(CC)CCCCCC.F. The Morgan fingerprint density at radius 2 is 1.75 bits per heavy atom. The zero-order valence-corrected chi connectivity index (χ0v) is 8.73. The van der Waals surface area contributed by atoms with Crippen molar-refractivity contribution in [3.8, 4) is 0 Å². The van der Waals surface area contributed by atoms with Crippen molar-refractivity contribution in [3.63, 3.8) is 0 Å². The van der Waals surface area contributed by atoms with Crippen LogP contribution in [0.2, 0.25) is 0 Å². The molecule has 0 N–H and O–H groups in total. The summed E-state index contributed by atoms with van der Waals surface area (Å²) in [5, 5.41) is 0. The van der Waals surface area contributed by atoms with E-state index in [4.69, 9.17) is 0 Å². The fourth-order valence-corrected chi connectivity index (χ4v) is 1.30. The van der Waals surface area contributed by atoms with Crippen molar-refractivity contribution < 1.29 is 4.70 Å². The zero-order chi connectivity index (χ0) is 8.53. The predicted octanol–water partition coefficient (Wildman–Crippen LogP) is 4.47. The molecule has 1 heteroatoms. The van der Waals surface area contributed by atoms with Crippen LogP contribution in [0.25, 0.3) is 0 Å². The summed E-state index contributed by atoms with van der Waals surface area (Å²) < 4.78 is 0. The number of halogens is 1. The van der Waals surface area contributed by atoms with Gasteiger partial charge in [0.2, 0.25) is 0 Å². The highest BCUT2D eigenvalue weighted by Gasteiger charge is 1.92. The first kappa shape index (κ1) is 14.2. The van der Waals surface area contributed by atoms with Crippen LogP contribution in [0.4, 0.5) is 4.70 Å². The van der Waals surface area contributed by atoms with E-state index in [1.165, 1.54) is 38.5 Å². The Morgan fingerprint density at radius 3 is 2.17 bits per heavy atom. The lowest BCUT2D eigenvalue weighted by molar-refractivity contribution is 0.657. The molecule has 0 spiro atoms. The first-order chi connectivity index (χ1) is 5.35. The molecule has 74 valence electrons. The van der Waals surface area contributed by atoms with Gasteiger partial charge in [0.05, 0.1) is 0 Å². The van der Waals surface area contributed by atoms with Crippen LogP contribution < -0.4 is 0 Å². The van der Waals surface area contributed by atoms with E-state index in [0.29, 0.717) is 0 Å². The quantitative estimate of drug-likeness (QED) is 0.412. The monoisotopic (exact) mass is 174 g/mol. The van der Waals surface area contributed by atoms with Crippen molar-refractivity contribution in [2.24, 2.45) is 0 Å². The Hall–Kier alpha value is -0.330. The van der Waals surface area contributed by atoms with Crippen molar-refractivity contribution >= 4 is 0 Å². The van der Waals surface area contributed by atoms with Crippen LogP contribution in [0.3, 0.4) is 0 Å². The molecule has 0 radical (unpaired) electrons. The molecule has 0 saturated heterocycles. The molecule has 0 aromatic carbocycles. The summed E-state index contributed by atoms with van der Waals surface area (Å²) in [7, 11) is 0. The zero-order valence-electron chi connectivity index (χ0n) is 8.73. The third-order valence-electron chi connectivity index (χ3n) is 2.21. The maximum absolute atomic E-state index is 2.27. The summed E-state index contributed by atoms with van der Waals surface area (Å²) in [5.74, 6) is 0. The molecule has 0 heterocycles. The molecule has 0 rings (SSSR count). The van der Waals surface area contributed by atoms with E-state index in [1.807, 2.05) is 0 Å². The molecule has 0 amide bonds.